The molecule has 1 aliphatic heterocycles. The molecule has 0 saturated heterocycles. The van der Waals surface area contributed by atoms with Crippen molar-refractivity contribution in [3.05, 3.63) is 53.1 Å². The summed E-state index contributed by atoms with van der Waals surface area (Å²) in [7, 11) is 4.65. The lowest BCUT2D eigenvalue weighted by Crippen LogP contribution is -2.36. The molecule has 0 aromatic heterocycles. The summed E-state index contributed by atoms with van der Waals surface area (Å²) in [4.78, 5) is 14.8. The number of benzene rings is 2. The van der Waals surface area contributed by atoms with Gasteiger partial charge in [-0.25, -0.2) is 0 Å². The Labute approximate surface area is 141 Å². The topological polar surface area (TPSA) is 48.0 Å². The summed E-state index contributed by atoms with van der Waals surface area (Å²) < 4.78 is 16.0. The molecule has 1 amide bonds. The van der Waals surface area contributed by atoms with Crippen molar-refractivity contribution in [1.29, 1.82) is 0 Å². The molecule has 0 fully saturated rings. The first-order valence-electron chi connectivity index (χ1n) is 7.84. The van der Waals surface area contributed by atoms with E-state index in [1.54, 1.807) is 33.5 Å². The maximum Gasteiger partial charge on any atom is 0.258 e. The zero-order valence-corrected chi connectivity index (χ0v) is 14.2. The first-order valence-corrected chi connectivity index (χ1v) is 7.84. The number of fused-ring (bicyclic) bond motifs is 1. The Hall–Kier alpha value is -2.69. The monoisotopic (exact) mass is 327 g/mol. The highest BCUT2D eigenvalue weighted by molar-refractivity contribution is 5.98. The Bertz CT molecular complexity index is 757. The lowest BCUT2D eigenvalue weighted by molar-refractivity contribution is 0.0731. The van der Waals surface area contributed by atoms with E-state index in [0.717, 1.165) is 6.42 Å². The van der Waals surface area contributed by atoms with Crippen LogP contribution in [-0.4, -0.2) is 38.7 Å². The molecule has 0 spiro atoms. The van der Waals surface area contributed by atoms with Crippen LogP contribution in [0.25, 0.3) is 0 Å². The minimum Gasteiger partial charge on any atom is -0.496 e. The normalized spacial score (nSPS) is 13.2. The molecular weight excluding hydrogens is 306 g/mol. The van der Waals surface area contributed by atoms with E-state index in [4.69, 9.17) is 14.2 Å². The maximum atomic E-state index is 13.0. The van der Waals surface area contributed by atoms with Crippen molar-refractivity contribution in [2.75, 3.05) is 27.9 Å². The molecule has 0 atom stereocenters. The Kier molecular flexibility index (Phi) is 4.60. The van der Waals surface area contributed by atoms with E-state index in [9.17, 15) is 4.79 Å². The molecule has 2 aromatic rings. The van der Waals surface area contributed by atoms with Gasteiger partial charge in [-0.1, -0.05) is 24.3 Å². The lowest BCUT2D eigenvalue weighted by Gasteiger charge is -2.29. The molecule has 0 radical (unpaired) electrons. The van der Waals surface area contributed by atoms with Gasteiger partial charge in [-0.2, -0.15) is 0 Å². The van der Waals surface area contributed by atoms with Crippen LogP contribution in [0.15, 0.2) is 36.4 Å². The number of carbonyl (C=O) groups excluding carboxylic acids is 1. The van der Waals surface area contributed by atoms with Gasteiger partial charge in [0.05, 0.1) is 26.9 Å². The zero-order chi connectivity index (χ0) is 17.1. The standard InChI is InChI=1S/C19H21NO4/c1-22-16-11-18(24-3)17(23-2)10-15(16)19(21)20-9-8-13-6-4-5-7-14(13)12-20/h4-7,10-11H,8-9,12H2,1-3H3. The van der Waals surface area contributed by atoms with Gasteiger partial charge in [0, 0.05) is 25.2 Å². The first-order chi connectivity index (χ1) is 11.7. The molecule has 0 unspecified atom stereocenters. The van der Waals surface area contributed by atoms with Crippen LogP contribution in [-0.2, 0) is 13.0 Å². The van der Waals surface area contributed by atoms with E-state index in [1.165, 1.54) is 11.1 Å². The van der Waals surface area contributed by atoms with Crippen LogP contribution in [0, 0.1) is 0 Å². The summed E-state index contributed by atoms with van der Waals surface area (Å²) in [5, 5.41) is 0. The number of amides is 1. The molecule has 1 heterocycles. The number of nitrogens with zero attached hydrogens (tertiary/aromatic N) is 1. The van der Waals surface area contributed by atoms with Crippen LogP contribution in [0.3, 0.4) is 0 Å². The fourth-order valence-electron chi connectivity index (χ4n) is 3.04. The van der Waals surface area contributed by atoms with Crippen molar-refractivity contribution in [2.24, 2.45) is 0 Å². The van der Waals surface area contributed by atoms with Gasteiger partial charge in [-0.05, 0) is 17.5 Å². The van der Waals surface area contributed by atoms with Crippen LogP contribution >= 0.6 is 0 Å². The number of rotatable bonds is 4. The molecular formula is C19H21NO4. The lowest BCUT2D eigenvalue weighted by atomic mass is 9.99. The van der Waals surface area contributed by atoms with E-state index >= 15 is 0 Å². The highest BCUT2D eigenvalue weighted by Crippen LogP contribution is 2.35. The van der Waals surface area contributed by atoms with Gasteiger partial charge in [0.25, 0.3) is 5.91 Å². The molecule has 1 aliphatic rings. The minimum atomic E-state index is -0.0673. The predicted octanol–water partition coefficient (Wildman–Crippen LogP) is 2.91. The molecule has 0 aliphatic carbocycles. The van der Waals surface area contributed by atoms with Crippen molar-refractivity contribution in [3.8, 4) is 17.2 Å². The van der Waals surface area contributed by atoms with Crippen LogP contribution < -0.4 is 14.2 Å². The Balaban J connectivity index is 1.93. The molecule has 0 N–H and O–H groups in total. The number of hydrogen-bond donors (Lipinski definition) is 0. The number of carbonyl (C=O) groups is 1. The largest absolute Gasteiger partial charge is 0.496 e. The maximum absolute atomic E-state index is 13.0. The fraction of sp³-hybridized carbons (Fsp3) is 0.316. The first kappa shape index (κ1) is 16.2. The summed E-state index contributed by atoms with van der Waals surface area (Å²) in [6, 6.07) is 11.6. The van der Waals surface area contributed by atoms with Crippen molar-refractivity contribution in [3.63, 3.8) is 0 Å². The van der Waals surface area contributed by atoms with Gasteiger partial charge < -0.3 is 19.1 Å². The molecule has 2 aromatic carbocycles. The molecule has 126 valence electrons. The third-order valence-electron chi connectivity index (χ3n) is 4.35. The van der Waals surface area contributed by atoms with Gasteiger partial charge in [0.1, 0.15) is 5.75 Å². The van der Waals surface area contributed by atoms with E-state index in [-0.39, 0.29) is 5.91 Å². The van der Waals surface area contributed by atoms with Crippen molar-refractivity contribution in [1.82, 2.24) is 4.90 Å². The van der Waals surface area contributed by atoms with Gasteiger partial charge in [0.15, 0.2) is 11.5 Å². The average molecular weight is 327 g/mol. The third-order valence-corrected chi connectivity index (χ3v) is 4.35. The second kappa shape index (κ2) is 6.83. The Morgan fingerprint density at radius 2 is 1.54 bits per heavy atom. The second-order valence-corrected chi connectivity index (χ2v) is 5.65. The number of hydrogen-bond acceptors (Lipinski definition) is 4. The average Bonchev–Trinajstić information content (AvgIpc) is 2.65. The third kappa shape index (κ3) is 2.89. The molecule has 3 rings (SSSR count). The van der Waals surface area contributed by atoms with E-state index in [1.807, 2.05) is 17.0 Å². The zero-order valence-electron chi connectivity index (χ0n) is 14.2. The van der Waals surface area contributed by atoms with Crippen molar-refractivity contribution >= 4 is 5.91 Å². The second-order valence-electron chi connectivity index (χ2n) is 5.65. The predicted molar refractivity (Wildman–Crippen MR) is 91.0 cm³/mol. The van der Waals surface area contributed by atoms with Gasteiger partial charge in [0.2, 0.25) is 0 Å². The van der Waals surface area contributed by atoms with Crippen molar-refractivity contribution in [2.45, 2.75) is 13.0 Å². The number of ether oxygens (including phenoxy) is 3. The molecule has 5 heteroatoms. The summed E-state index contributed by atoms with van der Waals surface area (Å²) in [5.41, 5.74) is 2.98. The van der Waals surface area contributed by atoms with E-state index in [2.05, 4.69) is 12.1 Å². The Morgan fingerprint density at radius 3 is 2.21 bits per heavy atom. The summed E-state index contributed by atoms with van der Waals surface area (Å²) in [6.07, 6.45) is 0.859. The van der Waals surface area contributed by atoms with Gasteiger partial charge in [-0.15, -0.1) is 0 Å². The quantitative estimate of drug-likeness (QED) is 0.866. The van der Waals surface area contributed by atoms with Crippen LogP contribution in [0.2, 0.25) is 0 Å². The Morgan fingerprint density at radius 1 is 0.917 bits per heavy atom. The van der Waals surface area contributed by atoms with Crippen LogP contribution in [0.4, 0.5) is 0 Å². The SMILES string of the molecule is COc1cc(OC)c(C(=O)N2CCc3ccccc3C2)cc1OC. The highest BCUT2D eigenvalue weighted by atomic mass is 16.5. The fourth-order valence-corrected chi connectivity index (χ4v) is 3.04. The van der Waals surface area contributed by atoms with E-state index in [0.29, 0.717) is 35.9 Å². The number of methoxy groups -OCH3 is 3. The summed E-state index contributed by atoms with van der Waals surface area (Å²) in [6.45, 7) is 1.29. The van der Waals surface area contributed by atoms with E-state index < -0.39 is 0 Å². The molecule has 0 bridgehead atoms. The summed E-state index contributed by atoms with van der Waals surface area (Å²) >= 11 is 0. The van der Waals surface area contributed by atoms with Gasteiger partial charge in [-0.3, -0.25) is 4.79 Å². The smallest absolute Gasteiger partial charge is 0.258 e. The molecule has 5 nitrogen and oxygen atoms in total. The summed E-state index contributed by atoms with van der Waals surface area (Å²) in [5.74, 6) is 1.47. The van der Waals surface area contributed by atoms with Crippen LogP contribution in [0.1, 0.15) is 21.5 Å². The molecule has 24 heavy (non-hydrogen) atoms. The van der Waals surface area contributed by atoms with Crippen molar-refractivity contribution < 1.29 is 19.0 Å². The minimum absolute atomic E-state index is 0.0673. The van der Waals surface area contributed by atoms with Crippen LogP contribution in [0.5, 0.6) is 17.2 Å². The highest BCUT2D eigenvalue weighted by Gasteiger charge is 2.25. The van der Waals surface area contributed by atoms with Gasteiger partial charge >= 0.3 is 0 Å². The molecule has 0 saturated carbocycles.